The summed E-state index contributed by atoms with van der Waals surface area (Å²) in [6.45, 7) is 1.04. The Kier molecular flexibility index (Phi) is 8.14. The van der Waals surface area contributed by atoms with E-state index in [2.05, 4.69) is 12.1 Å². The Morgan fingerprint density at radius 3 is 2.52 bits per heavy atom. The van der Waals surface area contributed by atoms with Crippen molar-refractivity contribution in [3.05, 3.63) is 70.7 Å². The molecule has 1 saturated carbocycles. The Bertz CT molecular complexity index is 769. The van der Waals surface area contributed by atoms with Crippen LogP contribution in [-0.4, -0.2) is 12.5 Å². The standard InChI is InChI=1S/C25H32ClNO2/c26-23-11-6-10-22(17-23)25(19-27)15-13-20(14-16-25)7-4-5-12-24(28)29-18-21-8-2-1-3-9-21/h1-3,6,8-11,17,20H,4-5,7,12-16,18-19,27H2. The van der Waals surface area contributed by atoms with E-state index in [1.54, 1.807) is 0 Å². The SMILES string of the molecule is NCC1(c2cccc(Cl)c2)CCC(CCCCC(=O)OCc2ccccc2)CC1. The van der Waals surface area contributed by atoms with Gasteiger partial charge in [0.15, 0.2) is 0 Å². The minimum Gasteiger partial charge on any atom is -0.461 e. The molecule has 0 aromatic heterocycles. The van der Waals surface area contributed by atoms with Gasteiger partial charge in [-0.3, -0.25) is 4.79 Å². The third-order valence-electron chi connectivity index (χ3n) is 6.38. The number of benzene rings is 2. The molecular weight excluding hydrogens is 382 g/mol. The smallest absolute Gasteiger partial charge is 0.306 e. The number of hydrogen-bond acceptors (Lipinski definition) is 3. The Hall–Kier alpha value is -1.84. The zero-order valence-corrected chi connectivity index (χ0v) is 17.9. The number of halogens is 1. The van der Waals surface area contributed by atoms with Crippen LogP contribution >= 0.6 is 11.6 Å². The maximum atomic E-state index is 11.9. The summed E-state index contributed by atoms with van der Waals surface area (Å²) in [5, 5.41) is 0.789. The predicted molar refractivity (Wildman–Crippen MR) is 119 cm³/mol. The van der Waals surface area contributed by atoms with Crippen LogP contribution in [0.1, 0.15) is 62.5 Å². The molecule has 0 atom stereocenters. The number of unbranched alkanes of at least 4 members (excludes halogenated alkanes) is 1. The number of hydrogen-bond donors (Lipinski definition) is 1. The summed E-state index contributed by atoms with van der Waals surface area (Å²) in [7, 11) is 0. The van der Waals surface area contributed by atoms with Crippen LogP contribution < -0.4 is 5.73 Å². The summed E-state index contributed by atoms with van der Waals surface area (Å²) in [5.41, 5.74) is 8.59. The van der Waals surface area contributed by atoms with Crippen molar-refractivity contribution in [2.45, 2.75) is 63.4 Å². The van der Waals surface area contributed by atoms with Crippen molar-refractivity contribution >= 4 is 17.6 Å². The van der Waals surface area contributed by atoms with Crippen molar-refractivity contribution in [2.75, 3.05) is 6.54 Å². The topological polar surface area (TPSA) is 52.3 Å². The van der Waals surface area contributed by atoms with Gasteiger partial charge in [0.1, 0.15) is 6.61 Å². The van der Waals surface area contributed by atoms with Crippen molar-refractivity contribution in [1.82, 2.24) is 0 Å². The number of carbonyl (C=O) groups excluding carboxylic acids is 1. The van der Waals surface area contributed by atoms with E-state index in [1.165, 1.54) is 24.8 Å². The lowest BCUT2D eigenvalue weighted by molar-refractivity contribution is -0.145. The number of carbonyl (C=O) groups is 1. The first-order valence-electron chi connectivity index (χ1n) is 10.8. The van der Waals surface area contributed by atoms with Gasteiger partial charge in [0.05, 0.1) is 0 Å². The van der Waals surface area contributed by atoms with Gasteiger partial charge in [-0.25, -0.2) is 0 Å². The van der Waals surface area contributed by atoms with Gasteiger partial charge in [-0.15, -0.1) is 0 Å². The zero-order chi connectivity index (χ0) is 20.5. The van der Waals surface area contributed by atoms with Gasteiger partial charge in [-0.05, 0) is 61.3 Å². The molecule has 2 aromatic rings. The molecule has 0 radical (unpaired) electrons. The highest BCUT2D eigenvalue weighted by Crippen LogP contribution is 2.42. The van der Waals surface area contributed by atoms with Crippen LogP contribution in [0.4, 0.5) is 0 Å². The first-order chi connectivity index (χ1) is 14.1. The van der Waals surface area contributed by atoms with Crippen molar-refractivity contribution < 1.29 is 9.53 Å². The quantitative estimate of drug-likeness (QED) is 0.403. The molecule has 1 aliphatic carbocycles. The molecule has 0 spiro atoms. The molecule has 0 heterocycles. The molecule has 1 fully saturated rings. The summed E-state index contributed by atoms with van der Waals surface area (Å²) < 4.78 is 5.36. The lowest BCUT2D eigenvalue weighted by Gasteiger charge is -2.40. The first-order valence-corrected chi connectivity index (χ1v) is 11.1. The second-order valence-corrected chi connectivity index (χ2v) is 8.77. The van der Waals surface area contributed by atoms with Gasteiger partial charge >= 0.3 is 5.97 Å². The third kappa shape index (κ3) is 6.32. The van der Waals surface area contributed by atoms with Crippen LogP contribution in [0.5, 0.6) is 0 Å². The average molecular weight is 414 g/mol. The second kappa shape index (κ2) is 10.8. The zero-order valence-electron chi connectivity index (χ0n) is 17.1. The Morgan fingerprint density at radius 1 is 1.07 bits per heavy atom. The van der Waals surface area contributed by atoms with E-state index in [1.807, 2.05) is 42.5 Å². The van der Waals surface area contributed by atoms with Crippen molar-refractivity contribution in [1.29, 1.82) is 0 Å². The fourth-order valence-electron chi connectivity index (χ4n) is 4.46. The largest absolute Gasteiger partial charge is 0.461 e. The minimum atomic E-state index is -0.0967. The molecule has 3 nitrogen and oxygen atoms in total. The number of ether oxygens (including phenoxy) is 1. The van der Waals surface area contributed by atoms with Crippen LogP contribution in [0, 0.1) is 5.92 Å². The molecule has 4 heteroatoms. The Balaban J connectivity index is 1.35. The normalized spacial score (nSPS) is 21.7. The van der Waals surface area contributed by atoms with Crippen LogP contribution in [0.3, 0.4) is 0 Å². The Morgan fingerprint density at radius 2 is 1.83 bits per heavy atom. The number of rotatable bonds is 9. The van der Waals surface area contributed by atoms with Gasteiger partial charge in [0.2, 0.25) is 0 Å². The van der Waals surface area contributed by atoms with E-state index in [-0.39, 0.29) is 11.4 Å². The van der Waals surface area contributed by atoms with E-state index in [9.17, 15) is 4.79 Å². The molecule has 0 amide bonds. The monoisotopic (exact) mass is 413 g/mol. The van der Waals surface area contributed by atoms with E-state index < -0.39 is 0 Å². The van der Waals surface area contributed by atoms with Gasteiger partial charge in [-0.1, -0.05) is 66.9 Å². The molecule has 1 aliphatic rings. The van der Waals surface area contributed by atoms with Crippen LogP contribution in [0.15, 0.2) is 54.6 Å². The summed E-state index contributed by atoms with van der Waals surface area (Å²) in [6.07, 6.45) is 8.31. The second-order valence-electron chi connectivity index (χ2n) is 8.33. The fraction of sp³-hybridized carbons (Fsp3) is 0.480. The molecule has 29 heavy (non-hydrogen) atoms. The molecule has 2 aromatic carbocycles. The molecule has 0 unspecified atom stereocenters. The van der Waals surface area contributed by atoms with Crippen molar-refractivity contribution in [3.63, 3.8) is 0 Å². The molecular formula is C25H32ClNO2. The highest BCUT2D eigenvalue weighted by atomic mass is 35.5. The average Bonchev–Trinajstić information content (AvgIpc) is 2.76. The highest BCUT2D eigenvalue weighted by Gasteiger charge is 2.35. The van der Waals surface area contributed by atoms with E-state index in [4.69, 9.17) is 22.1 Å². The van der Waals surface area contributed by atoms with Crippen LogP contribution in [0.2, 0.25) is 5.02 Å². The van der Waals surface area contributed by atoms with Crippen LogP contribution in [-0.2, 0) is 21.6 Å². The van der Waals surface area contributed by atoms with Crippen LogP contribution in [0.25, 0.3) is 0 Å². The van der Waals surface area contributed by atoms with Gasteiger partial charge in [-0.2, -0.15) is 0 Å². The van der Waals surface area contributed by atoms with Gasteiger partial charge < -0.3 is 10.5 Å². The fourth-order valence-corrected chi connectivity index (χ4v) is 4.65. The molecule has 2 N–H and O–H groups in total. The lowest BCUT2D eigenvalue weighted by atomic mass is 9.66. The number of nitrogens with two attached hydrogens (primary N) is 1. The van der Waals surface area contributed by atoms with Gasteiger partial charge in [0, 0.05) is 23.4 Å². The maximum absolute atomic E-state index is 11.9. The molecule has 156 valence electrons. The van der Waals surface area contributed by atoms with Crippen molar-refractivity contribution in [2.24, 2.45) is 11.7 Å². The molecule has 0 bridgehead atoms. The summed E-state index contributed by atoms with van der Waals surface area (Å²) in [6, 6.07) is 18.0. The lowest BCUT2D eigenvalue weighted by Crippen LogP contribution is -2.39. The van der Waals surface area contributed by atoms with Gasteiger partial charge in [0.25, 0.3) is 0 Å². The first kappa shape index (κ1) is 21.9. The highest BCUT2D eigenvalue weighted by molar-refractivity contribution is 6.30. The summed E-state index contributed by atoms with van der Waals surface area (Å²) in [5.74, 6) is 0.634. The minimum absolute atomic E-state index is 0.0721. The summed E-state index contributed by atoms with van der Waals surface area (Å²) in [4.78, 5) is 11.9. The van der Waals surface area contributed by atoms with E-state index in [0.29, 0.717) is 19.6 Å². The number of esters is 1. The third-order valence-corrected chi connectivity index (χ3v) is 6.61. The van der Waals surface area contributed by atoms with E-state index in [0.717, 1.165) is 42.2 Å². The summed E-state index contributed by atoms with van der Waals surface area (Å²) >= 11 is 6.20. The molecule has 3 rings (SSSR count). The maximum Gasteiger partial charge on any atom is 0.306 e. The Labute approximate surface area is 179 Å². The van der Waals surface area contributed by atoms with E-state index >= 15 is 0 Å². The molecule has 0 saturated heterocycles. The predicted octanol–water partition coefficient (Wildman–Crippen LogP) is 6.03. The molecule has 0 aliphatic heterocycles. The van der Waals surface area contributed by atoms with Crippen molar-refractivity contribution in [3.8, 4) is 0 Å².